The summed E-state index contributed by atoms with van der Waals surface area (Å²) in [4.78, 5) is 12.9. The minimum atomic E-state index is -1.08. The minimum absolute atomic E-state index is 0.00584. The van der Waals surface area contributed by atoms with Crippen LogP contribution in [0.4, 0.5) is 0 Å². The number of ether oxygens (including phenoxy) is 1. The van der Waals surface area contributed by atoms with Gasteiger partial charge in [0.05, 0.1) is 29.7 Å². The lowest BCUT2D eigenvalue weighted by Gasteiger charge is -2.39. The third-order valence-corrected chi connectivity index (χ3v) is 7.94. The maximum Gasteiger partial charge on any atom is 0.254 e. The summed E-state index contributed by atoms with van der Waals surface area (Å²) in [6, 6.07) is 3.86. The average molecular weight is 423 g/mol. The SMILES string of the molecule is CCS(=O)NC1CCc2ccc(C)c(=O)n2C1COC1CCC(C(C)(C)C)CC1. The molecule has 6 heteroatoms. The van der Waals surface area contributed by atoms with Crippen molar-refractivity contribution in [1.29, 1.82) is 0 Å². The Morgan fingerprint density at radius 1 is 1.17 bits per heavy atom. The molecule has 3 unspecified atom stereocenters. The average Bonchev–Trinajstić information content (AvgIpc) is 2.69. The second-order valence-electron chi connectivity index (χ2n) is 9.82. The fourth-order valence-electron chi connectivity index (χ4n) is 4.85. The van der Waals surface area contributed by atoms with E-state index in [0.29, 0.717) is 17.8 Å². The molecule has 0 bridgehead atoms. The van der Waals surface area contributed by atoms with E-state index in [1.165, 1.54) is 12.8 Å². The summed E-state index contributed by atoms with van der Waals surface area (Å²) in [5.41, 5.74) is 2.23. The van der Waals surface area contributed by atoms with Crippen LogP contribution >= 0.6 is 0 Å². The molecule has 1 saturated carbocycles. The normalized spacial score (nSPS) is 28.7. The van der Waals surface area contributed by atoms with Gasteiger partial charge in [-0.2, -0.15) is 0 Å². The molecule has 0 amide bonds. The van der Waals surface area contributed by atoms with Crippen molar-refractivity contribution in [2.75, 3.05) is 12.4 Å². The van der Waals surface area contributed by atoms with E-state index in [1.54, 1.807) is 0 Å². The van der Waals surface area contributed by atoms with Crippen LogP contribution in [0.15, 0.2) is 16.9 Å². The van der Waals surface area contributed by atoms with Crippen LogP contribution in [0.5, 0.6) is 0 Å². The molecule has 1 aromatic rings. The zero-order valence-corrected chi connectivity index (χ0v) is 19.5. The van der Waals surface area contributed by atoms with E-state index >= 15 is 0 Å². The van der Waals surface area contributed by atoms with Gasteiger partial charge in [-0.3, -0.25) is 4.79 Å². The Labute approximate surface area is 178 Å². The second-order valence-corrected chi connectivity index (χ2v) is 11.3. The van der Waals surface area contributed by atoms with Gasteiger partial charge in [-0.05, 0) is 62.8 Å². The lowest BCUT2D eigenvalue weighted by atomic mass is 9.72. The maximum absolute atomic E-state index is 12.9. The molecule has 1 fully saturated rings. The monoisotopic (exact) mass is 422 g/mol. The van der Waals surface area contributed by atoms with Gasteiger partial charge in [0.2, 0.25) is 0 Å². The number of nitrogens with one attached hydrogen (secondary N) is 1. The van der Waals surface area contributed by atoms with Crippen LogP contribution in [0.25, 0.3) is 0 Å². The summed E-state index contributed by atoms with van der Waals surface area (Å²) < 4.78 is 23.7. The van der Waals surface area contributed by atoms with E-state index in [0.717, 1.165) is 42.9 Å². The summed E-state index contributed by atoms with van der Waals surface area (Å²) in [7, 11) is -1.08. The van der Waals surface area contributed by atoms with Gasteiger partial charge in [0, 0.05) is 23.1 Å². The highest BCUT2D eigenvalue weighted by Gasteiger charge is 2.34. The number of aryl methyl sites for hydroxylation is 2. The Hall–Kier alpha value is -0.980. The highest BCUT2D eigenvalue weighted by molar-refractivity contribution is 7.83. The topological polar surface area (TPSA) is 60.3 Å². The fraction of sp³-hybridized carbons (Fsp3) is 0.783. The zero-order valence-electron chi connectivity index (χ0n) is 18.7. The molecule has 0 spiro atoms. The second kappa shape index (κ2) is 9.44. The van der Waals surface area contributed by atoms with Gasteiger partial charge < -0.3 is 9.30 Å². The van der Waals surface area contributed by atoms with Crippen molar-refractivity contribution in [2.45, 2.75) is 91.3 Å². The first kappa shape index (κ1) is 22.7. The van der Waals surface area contributed by atoms with Gasteiger partial charge in [-0.25, -0.2) is 8.93 Å². The van der Waals surface area contributed by atoms with Crippen molar-refractivity contribution >= 4 is 11.0 Å². The van der Waals surface area contributed by atoms with Crippen molar-refractivity contribution < 1.29 is 8.95 Å². The van der Waals surface area contributed by atoms with E-state index < -0.39 is 11.0 Å². The quantitative estimate of drug-likeness (QED) is 0.756. The van der Waals surface area contributed by atoms with E-state index in [4.69, 9.17) is 4.74 Å². The zero-order chi connectivity index (χ0) is 21.2. The number of hydrogen-bond acceptors (Lipinski definition) is 3. The van der Waals surface area contributed by atoms with Crippen molar-refractivity contribution in [3.63, 3.8) is 0 Å². The summed E-state index contributed by atoms with van der Waals surface area (Å²) in [5, 5.41) is 0. The molecular weight excluding hydrogens is 384 g/mol. The lowest BCUT2D eigenvalue weighted by Crippen LogP contribution is -2.49. The Kier molecular flexibility index (Phi) is 7.39. The van der Waals surface area contributed by atoms with E-state index in [9.17, 15) is 9.00 Å². The molecule has 2 aliphatic rings. The molecule has 0 saturated heterocycles. The first-order valence-electron chi connectivity index (χ1n) is 11.2. The molecule has 1 aliphatic carbocycles. The largest absolute Gasteiger partial charge is 0.376 e. The first-order valence-corrected chi connectivity index (χ1v) is 12.5. The number of fused-ring (bicyclic) bond motifs is 1. The van der Waals surface area contributed by atoms with Gasteiger partial charge in [-0.15, -0.1) is 0 Å². The van der Waals surface area contributed by atoms with Crippen molar-refractivity contribution in [3.8, 4) is 0 Å². The molecular formula is C23H38N2O3S. The van der Waals surface area contributed by atoms with Gasteiger partial charge in [0.1, 0.15) is 0 Å². The van der Waals surface area contributed by atoms with Crippen LogP contribution in [-0.2, 0) is 22.1 Å². The van der Waals surface area contributed by atoms with Crippen LogP contribution in [0.1, 0.15) is 77.1 Å². The molecule has 164 valence electrons. The highest BCUT2D eigenvalue weighted by atomic mass is 32.2. The summed E-state index contributed by atoms with van der Waals surface area (Å²) in [5.74, 6) is 1.32. The Morgan fingerprint density at radius 2 is 1.86 bits per heavy atom. The number of aromatic nitrogens is 1. The summed E-state index contributed by atoms with van der Waals surface area (Å²) in [6.07, 6.45) is 6.54. The Bertz CT molecular complexity index is 775. The van der Waals surface area contributed by atoms with Crippen LogP contribution in [0, 0.1) is 18.3 Å². The molecule has 1 N–H and O–H groups in total. The van der Waals surface area contributed by atoms with Crippen molar-refractivity contribution in [3.05, 3.63) is 33.7 Å². The number of pyridine rings is 1. The van der Waals surface area contributed by atoms with Gasteiger partial charge in [0.25, 0.3) is 5.56 Å². The molecule has 1 aromatic heterocycles. The van der Waals surface area contributed by atoms with Crippen LogP contribution < -0.4 is 10.3 Å². The standard InChI is InChI=1S/C23H38N2O3S/c1-6-29(27)24-20-14-11-18-10-7-16(2)22(26)25(18)21(20)15-28-19-12-8-17(9-13-19)23(3,4)5/h7,10,17,19-21,24H,6,8-9,11-15H2,1-5H3. The molecule has 3 rings (SSSR count). The van der Waals surface area contributed by atoms with E-state index in [2.05, 4.69) is 31.6 Å². The van der Waals surface area contributed by atoms with E-state index in [-0.39, 0.29) is 23.7 Å². The molecule has 3 atom stereocenters. The summed E-state index contributed by atoms with van der Waals surface area (Å²) in [6.45, 7) is 11.3. The smallest absolute Gasteiger partial charge is 0.254 e. The molecule has 29 heavy (non-hydrogen) atoms. The predicted octanol–water partition coefficient (Wildman–Crippen LogP) is 3.91. The van der Waals surface area contributed by atoms with E-state index in [1.807, 2.05) is 24.5 Å². The molecule has 5 nitrogen and oxygen atoms in total. The first-order chi connectivity index (χ1) is 13.7. The molecule has 2 heterocycles. The minimum Gasteiger partial charge on any atom is -0.376 e. The van der Waals surface area contributed by atoms with Crippen LogP contribution in [0.3, 0.4) is 0 Å². The number of rotatable bonds is 6. The van der Waals surface area contributed by atoms with Gasteiger partial charge in [0.15, 0.2) is 0 Å². The van der Waals surface area contributed by atoms with Crippen molar-refractivity contribution in [1.82, 2.24) is 9.29 Å². The van der Waals surface area contributed by atoms with Crippen LogP contribution in [-0.4, -0.2) is 33.3 Å². The molecule has 0 aromatic carbocycles. The highest BCUT2D eigenvalue weighted by Crippen LogP contribution is 2.38. The Balaban J connectivity index is 1.73. The Morgan fingerprint density at radius 3 is 2.48 bits per heavy atom. The third-order valence-electron chi connectivity index (χ3n) is 6.85. The molecule has 0 radical (unpaired) electrons. The van der Waals surface area contributed by atoms with Crippen molar-refractivity contribution in [2.24, 2.45) is 11.3 Å². The maximum atomic E-state index is 12.9. The number of nitrogens with zero attached hydrogens (tertiary/aromatic N) is 1. The summed E-state index contributed by atoms with van der Waals surface area (Å²) >= 11 is 0. The van der Waals surface area contributed by atoms with Gasteiger partial charge >= 0.3 is 0 Å². The lowest BCUT2D eigenvalue weighted by molar-refractivity contribution is -0.0169. The predicted molar refractivity (Wildman–Crippen MR) is 120 cm³/mol. The number of hydrogen-bond donors (Lipinski definition) is 1. The van der Waals surface area contributed by atoms with Crippen LogP contribution in [0.2, 0.25) is 0 Å². The third kappa shape index (κ3) is 5.39. The van der Waals surface area contributed by atoms with Gasteiger partial charge in [-0.1, -0.05) is 33.8 Å². The fourth-order valence-corrected chi connectivity index (χ4v) is 5.63. The molecule has 1 aliphatic heterocycles.